The number of nitrogens with zero attached hydrogens (tertiary/aromatic N) is 4. The summed E-state index contributed by atoms with van der Waals surface area (Å²) >= 11 is 0. The molecular weight excluding hydrogens is 288 g/mol. The van der Waals surface area contributed by atoms with Gasteiger partial charge in [-0.25, -0.2) is 4.98 Å². The highest BCUT2D eigenvalue weighted by atomic mass is 16.2. The first-order valence-electron chi connectivity index (χ1n) is 8.21. The van der Waals surface area contributed by atoms with Crippen LogP contribution in [-0.4, -0.2) is 46.0 Å². The van der Waals surface area contributed by atoms with E-state index >= 15 is 0 Å². The maximum Gasteiger partial charge on any atom is 0.290 e. The molecule has 1 aromatic carbocycles. The fraction of sp³-hybridized carbons (Fsp3) is 0.444. The van der Waals surface area contributed by atoms with Gasteiger partial charge < -0.3 is 14.4 Å². The van der Waals surface area contributed by atoms with Crippen LogP contribution in [0.15, 0.2) is 42.7 Å². The van der Waals surface area contributed by atoms with Gasteiger partial charge in [0.05, 0.1) is 0 Å². The molecule has 1 atom stereocenters. The molecule has 5 nitrogen and oxygen atoms in total. The van der Waals surface area contributed by atoms with Gasteiger partial charge in [0.1, 0.15) is 0 Å². The second kappa shape index (κ2) is 6.44. The van der Waals surface area contributed by atoms with Crippen molar-refractivity contribution in [2.75, 3.05) is 24.5 Å². The fourth-order valence-electron chi connectivity index (χ4n) is 3.16. The Hall–Kier alpha value is -2.30. The third-order valence-corrected chi connectivity index (χ3v) is 4.43. The quantitative estimate of drug-likeness (QED) is 0.875. The summed E-state index contributed by atoms with van der Waals surface area (Å²) in [7, 11) is 0. The molecule has 5 heteroatoms. The topological polar surface area (TPSA) is 41.4 Å². The van der Waals surface area contributed by atoms with E-state index in [9.17, 15) is 4.79 Å². The largest absolute Gasteiger partial charge is 0.368 e. The Balaban J connectivity index is 1.73. The number of rotatable bonds is 3. The fourth-order valence-corrected chi connectivity index (χ4v) is 3.16. The lowest BCUT2D eigenvalue weighted by Crippen LogP contribution is -2.54. The third kappa shape index (κ3) is 3.09. The Morgan fingerprint density at radius 3 is 2.61 bits per heavy atom. The van der Waals surface area contributed by atoms with Gasteiger partial charge in [-0.2, -0.15) is 0 Å². The Morgan fingerprint density at radius 2 is 1.96 bits per heavy atom. The molecule has 0 spiro atoms. The van der Waals surface area contributed by atoms with Crippen LogP contribution in [0.2, 0.25) is 0 Å². The minimum Gasteiger partial charge on any atom is -0.368 e. The third-order valence-electron chi connectivity index (χ3n) is 4.43. The summed E-state index contributed by atoms with van der Waals surface area (Å²) in [6.45, 7) is 8.65. The number of piperazine rings is 1. The van der Waals surface area contributed by atoms with E-state index in [0.29, 0.717) is 5.82 Å². The molecule has 1 aliphatic heterocycles. The zero-order chi connectivity index (χ0) is 16.4. The van der Waals surface area contributed by atoms with Crippen LogP contribution in [0.1, 0.15) is 37.4 Å². The summed E-state index contributed by atoms with van der Waals surface area (Å²) in [6.07, 6.45) is 3.58. The first-order valence-corrected chi connectivity index (χ1v) is 8.21. The van der Waals surface area contributed by atoms with Crippen molar-refractivity contribution in [1.82, 2.24) is 14.5 Å². The van der Waals surface area contributed by atoms with Gasteiger partial charge in [0.15, 0.2) is 5.82 Å². The predicted molar refractivity (Wildman–Crippen MR) is 91.8 cm³/mol. The lowest BCUT2D eigenvalue weighted by Gasteiger charge is -2.40. The predicted octanol–water partition coefficient (Wildman–Crippen LogP) is 2.81. The van der Waals surface area contributed by atoms with Crippen LogP contribution in [-0.2, 0) is 0 Å². The molecule has 2 heterocycles. The average Bonchev–Trinajstić information content (AvgIpc) is 3.05. The van der Waals surface area contributed by atoms with Crippen LogP contribution in [0, 0.1) is 0 Å². The van der Waals surface area contributed by atoms with Crippen LogP contribution < -0.4 is 4.90 Å². The van der Waals surface area contributed by atoms with Gasteiger partial charge in [-0.1, -0.05) is 18.2 Å². The molecule has 0 aliphatic carbocycles. The molecule has 1 fully saturated rings. The number of anilines is 1. The molecule has 23 heavy (non-hydrogen) atoms. The van der Waals surface area contributed by atoms with Crippen molar-refractivity contribution in [3.05, 3.63) is 48.5 Å². The lowest BCUT2D eigenvalue weighted by molar-refractivity contribution is 0.0654. The Bertz CT molecular complexity index is 665. The number of aromatic nitrogens is 2. The zero-order valence-corrected chi connectivity index (χ0v) is 14.0. The highest BCUT2D eigenvalue weighted by Gasteiger charge is 2.30. The molecule has 1 amide bonds. The van der Waals surface area contributed by atoms with Gasteiger partial charge in [0, 0.05) is 49.8 Å². The first kappa shape index (κ1) is 15.6. The average molecular weight is 312 g/mol. The molecule has 0 radical (unpaired) electrons. The van der Waals surface area contributed by atoms with Gasteiger partial charge in [-0.05, 0) is 32.9 Å². The summed E-state index contributed by atoms with van der Waals surface area (Å²) in [4.78, 5) is 21.4. The normalized spacial score (nSPS) is 18.5. The van der Waals surface area contributed by atoms with E-state index in [1.54, 1.807) is 6.20 Å². The Morgan fingerprint density at radius 1 is 1.22 bits per heavy atom. The van der Waals surface area contributed by atoms with E-state index in [1.807, 2.05) is 21.7 Å². The second-order valence-corrected chi connectivity index (χ2v) is 6.38. The number of hydrogen-bond donors (Lipinski definition) is 0. The van der Waals surface area contributed by atoms with Gasteiger partial charge in [0.2, 0.25) is 0 Å². The van der Waals surface area contributed by atoms with Crippen molar-refractivity contribution in [3.63, 3.8) is 0 Å². The number of hydrogen-bond acceptors (Lipinski definition) is 3. The molecule has 122 valence electrons. The molecule has 3 rings (SSSR count). The monoisotopic (exact) mass is 312 g/mol. The zero-order valence-electron chi connectivity index (χ0n) is 14.0. The molecule has 1 unspecified atom stereocenters. The highest BCUT2D eigenvalue weighted by Crippen LogP contribution is 2.20. The minimum atomic E-state index is 0.0314. The standard InChI is InChI=1S/C18H24N4O/c1-14(2)21-10-9-19-17(21)18(23)22-12-11-20(13-15(22)3)16-7-5-4-6-8-16/h4-10,14-15H,11-13H2,1-3H3. The summed E-state index contributed by atoms with van der Waals surface area (Å²) < 4.78 is 1.94. The SMILES string of the molecule is CC1CN(c2ccccc2)CCN1C(=O)c1nccn1C(C)C. The molecular formula is C18H24N4O. The van der Waals surface area contributed by atoms with Crippen molar-refractivity contribution in [2.45, 2.75) is 32.9 Å². The van der Waals surface area contributed by atoms with Crippen molar-refractivity contribution in [3.8, 4) is 0 Å². The highest BCUT2D eigenvalue weighted by molar-refractivity contribution is 5.91. The Labute approximate surface area is 137 Å². The molecule has 0 bridgehead atoms. The van der Waals surface area contributed by atoms with Crippen molar-refractivity contribution < 1.29 is 4.79 Å². The number of para-hydroxylation sites is 1. The number of carbonyl (C=O) groups excluding carboxylic acids is 1. The summed E-state index contributed by atoms with van der Waals surface area (Å²) in [5.74, 6) is 0.573. The van der Waals surface area contributed by atoms with E-state index < -0.39 is 0 Å². The van der Waals surface area contributed by atoms with Crippen LogP contribution in [0.5, 0.6) is 0 Å². The van der Waals surface area contributed by atoms with Gasteiger partial charge in [-0.15, -0.1) is 0 Å². The number of imidazole rings is 1. The van der Waals surface area contributed by atoms with Crippen molar-refractivity contribution in [1.29, 1.82) is 0 Å². The van der Waals surface area contributed by atoms with Crippen molar-refractivity contribution >= 4 is 11.6 Å². The van der Waals surface area contributed by atoms with E-state index in [-0.39, 0.29) is 18.0 Å². The Kier molecular flexibility index (Phi) is 4.37. The smallest absolute Gasteiger partial charge is 0.290 e. The molecule has 1 saturated heterocycles. The summed E-state index contributed by atoms with van der Waals surface area (Å²) in [5.41, 5.74) is 1.22. The number of benzene rings is 1. The molecule has 0 N–H and O–H groups in total. The lowest BCUT2D eigenvalue weighted by atomic mass is 10.1. The van der Waals surface area contributed by atoms with E-state index in [4.69, 9.17) is 0 Å². The molecule has 2 aromatic rings. The summed E-state index contributed by atoms with van der Waals surface area (Å²) in [6, 6.07) is 10.8. The van der Waals surface area contributed by atoms with Gasteiger partial charge >= 0.3 is 0 Å². The van der Waals surface area contributed by atoms with Crippen LogP contribution in [0.4, 0.5) is 5.69 Å². The van der Waals surface area contributed by atoms with Crippen LogP contribution in [0.25, 0.3) is 0 Å². The van der Waals surface area contributed by atoms with E-state index in [1.165, 1.54) is 5.69 Å². The van der Waals surface area contributed by atoms with E-state index in [0.717, 1.165) is 19.6 Å². The van der Waals surface area contributed by atoms with Gasteiger partial charge in [-0.3, -0.25) is 4.79 Å². The number of carbonyl (C=O) groups is 1. The van der Waals surface area contributed by atoms with Crippen LogP contribution >= 0.6 is 0 Å². The second-order valence-electron chi connectivity index (χ2n) is 6.38. The maximum absolute atomic E-state index is 12.9. The van der Waals surface area contributed by atoms with E-state index in [2.05, 4.69) is 54.9 Å². The van der Waals surface area contributed by atoms with Crippen molar-refractivity contribution in [2.24, 2.45) is 0 Å². The molecule has 0 saturated carbocycles. The molecule has 1 aliphatic rings. The summed E-state index contributed by atoms with van der Waals surface area (Å²) in [5, 5.41) is 0. The van der Waals surface area contributed by atoms with Crippen LogP contribution in [0.3, 0.4) is 0 Å². The maximum atomic E-state index is 12.9. The number of amides is 1. The molecule has 1 aromatic heterocycles. The minimum absolute atomic E-state index is 0.0314. The van der Waals surface area contributed by atoms with Gasteiger partial charge in [0.25, 0.3) is 5.91 Å². The first-order chi connectivity index (χ1) is 11.1.